The van der Waals surface area contributed by atoms with Crippen LogP contribution in [0.2, 0.25) is 0 Å². The predicted octanol–water partition coefficient (Wildman–Crippen LogP) is 36.3. The molecule has 0 atom stereocenters. The molecule has 10 heteroatoms. The number of furan rings is 3. The summed E-state index contributed by atoms with van der Waals surface area (Å²) >= 11 is 1.90. The van der Waals surface area contributed by atoms with Gasteiger partial charge in [-0.05, 0) is 284 Å². The number of nitrogens with zero attached hydrogens (tertiary/aromatic N) is 6. The van der Waals surface area contributed by atoms with Gasteiger partial charge in [-0.25, -0.2) is 0 Å². The Kier molecular flexibility index (Phi) is 16.6. The summed E-state index contributed by atoms with van der Waals surface area (Å²) in [5.74, 6) is 0. The predicted molar refractivity (Wildman–Crippen MR) is 573 cm³/mol. The van der Waals surface area contributed by atoms with Crippen molar-refractivity contribution in [3.05, 3.63) is 461 Å². The van der Waals surface area contributed by atoms with Crippen LogP contribution in [0.5, 0.6) is 0 Å². The smallest absolute Gasteiger partial charge is 0.136 e. The van der Waals surface area contributed by atoms with Gasteiger partial charge in [0.2, 0.25) is 0 Å². The molecule has 7 heterocycles. The van der Waals surface area contributed by atoms with Gasteiger partial charge in [0.05, 0.1) is 33.1 Å². The first-order valence-corrected chi connectivity index (χ1v) is 47.2. The maximum absolute atomic E-state index is 6.53. The molecule has 0 radical (unpaired) electrons. The van der Waals surface area contributed by atoms with Gasteiger partial charge in [0.25, 0.3) is 0 Å². The standard InChI is InChI=1S/C42H24N2O2.C42H26N2O.C42H26N2S/c1-3-9-25(10-4-1)43(26-11-5-2-6-12-26)27-17-19-28(20-18-27)44-31-21-23-35-41-37-29(13-7-15-33(37)45-35)30-14-8-16-34-38(30)42-36(46-34)24-22-32(44)40(42)39(31)41;1-3-11-27(12-4-1)43(28-13-5-2-6-14-28)29-23-25-30(26-24-29)44-35-19-7-15-31-33-17-9-21-37-41(33)42-34(18-10-22-38(42)45-37)32-16-8-20-36(44)40(32)39(31)35;1-3-11-27(12-4-1)43(28-13-5-2-6-14-28)29-21-23-30(24-22-29)44-35-19-9-17-33-31-15-7-8-16-32(31)34-18-10-20-37-40(34)42-38(45-37)26-25-36(44)41(42)39(33)35/h1-24H;2*1-26H. The van der Waals surface area contributed by atoms with Crippen LogP contribution in [0.15, 0.2) is 474 Å². The third kappa shape index (κ3) is 11.2. The molecule has 7 aromatic heterocycles. The fraction of sp³-hybridized carbons (Fsp3) is 0. The lowest BCUT2D eigenvalue weighted by Gasteiger charge is -2.25. The van der Waals surface area contributed by atoms with E-state index < -0.39 is 0 Å². The van der Waals surface area contributed by atoms with E-state index in [4.69, 9.17) is 13.3 Å². The van der Waals surface area contributed by atoms with Gasteiger partial charge in [-0.15, -0.1) is 11.3 Å². The Hall–Kier alpha value is -18.0. The van der Waals surface area contributed by atoms with Crippen LogP contribution in [0.3, 0.4) is 0 Å². The molecule has 0 saturated carbocycles. The third-order valence-electron chi connectivity index (χ3n) is 28.3. The van der Waals surface area contributed by atoms with E-state index in [2.05, 4.69) is 489 Å². The molecule has 0 N–H and O–H groups in total. The Morgan fingerprint density at radius 3 is 0.691 bits per heavy atom. The van der Waals surface area contributed by atoms with Gasteiger partial charge < -0.3 is 41.7 Å². The van der Waals surface area contributed by atoms with E-state index in [1.54, 1.807) is 0 Å². The van der Waals surface area contributed by atoms with E-state index in [0.29, 0.717) is 0 Å². The van der Waals surface area contributed by atoms with Gasteiger partial charge in [0, 0.05) is 153 Å². The van der Waals surface area contributed by atoms with Crippen molar-refractivity contribution < 1.29 is 13.3 Å². The Labute approximate surface area is 781 Å². The molecule has 634 valence electrons. The average Bonchev–Trinajstić information content (AvgIpc) is 1.51. The molecule has 0 amide bonds. The molecule has 9 nitrogen and oxygen atoms in total. The second-order valence-electron chi connectivity index (χ2n) is 35.5. The molecule has 0 aliphatic heterocycles. The number of hydrogen-bond acceptors (Lipinski definition) is 7. The van der Waals surface area contributed by atoms with Gasteiger partial charge in [-0.2, -0.15) is 0 Å². The van der Waals surface area contributed by atoms with E-state index in [1.165, 1.54) is 150 Å². The highest BCUT2D eigenvalue weighted by molar-refractivity contribution is 7.26. The monoisotopic (exact) mass is 1750 g/mol. The van der Waals surface area contributed by atoms with Gasteiger partial charge in [0.1, 0.15) is 33.5 Å². The van der Waals surface area contributed by atoms with Crippen molar-refractivity contribution in [2.75, 3.05) is 14.7 Å². The van der Waals surface area contributed by atoms with E-state index in [0.717, 1.165) is 124 Å². The van der Waals surface area contributed by atoms with E-state index in [1.807, 2.05) is 11.3 Å². The molecule has 31 aromatic rings. The first kappa shape index (κ1) is 75.8. The van der Waals surface area contributed by atoms with Crippen molar-refractivity contribution in [1.82, 2.24) is 13.7 Å². The number of benzene rings is 21. The molecular formula is C126H76N6O3S. The Morgan fingerprint density at radius 1 is 0.140 bits per heavy atom. The molecule has 24 aromatic carbocycles. The van der Waals surface area contributed by atoms with Crippen LogP contribution in [-0.4, -0.2) is 13.7 Å². The topological polar surface area (TPSA) is 63.9 Å². The summed E-state index contributed by atoms with van der Waals surface area (Å²) in [6, 6.07) is 165. The lowest BCUT2D eigenvalue weighted by atomic mass is 9.95. The molecule has 136 heavy (non-hydrogen) atoms. The molecule has 0 fully saturated rings. The van der Waals surface area contributed by atoms with E-state index >= 15 is 0 Å². The maximum atomic E-state index is 6.53. The zero-order chi connectivity index (χ0) is 88.9. The minimum absolute atomic E-state index is 0.904. The van der Waals surface area contributed by atoms with Gasteiger partial charge in [-0.1, -0.05) is 231 Å². The van der Waals surface area contributed by atoms with Crippen molar-refractivity contribution in [1.29, 1.82) is 0 Å². The summed E-state index contributed by atoms with van der Waals surface area (Å²) in [7, 11) is 0. The summed E-state index contributed by atoms with van der Waals surface area (Å²) in [5.41, 5.74) is 26.1. The molecule has 0 saturated heterocycles. The van der Waals surface area contributed by atoms with E-state index in [9.17, 15) is 0 Å². The summed E-state index contributed by atoms with van der Waals surface area (Å²) in [6.45, 7) is 0. The van der Waals surface area contributed by atoms with Crippen LogP contribution >= 0.6 is 11.3 Å². The molecule has 0 spiro atoms. The van der Waals surface area contributed by atoms with Crippen LogP contribution in [0.4, 0.5) is 51.2 Å². The Bertz CT molecular complexity index is 9730. The summed E-state index contributed by atoms with van der Waals surface area (Å²) in [6.07, 6.45) is 0. The molecule has 0 aliphatic carbocycles. The highest BCUT2D eigenvalue weighted by Gasteiger charge is 2.30. The summed E-state index contributed by atoms with van der Waals surface area (Å²) < 4.78 is 29.4. The number of rotatable bonds is 12. The van der Waals surface area contributed by atoms with Gasteiger partial charge in [0.15, 0.2) is 0 Å². The fourth-order valence-electron chi connectivity index (χ4n) is 22.9. The minimum atomic E-state index is 0.904. The van der Waals surface area contributed by atoms with Crippen molar-refractivity contribution >= 4 is 268 Å². The zero-order valence-corrected chi connectivity index (χ0v) is 74.0. The number of fused-ring (bicyclic) bond motifs is 6. The van der Waals surface area contributed by atoms with Crippen molar-refractivity contribution in [2.45, 2.75) is 0 Å². The Balaban J connectivity index is 0.0000000989. The first-order valence-electron chi connectivity index (χ1n) is 46.3. The van der Waals surface area contributed by atoms with Gasteiger partial charge in [-0.3, -0.25) is 0 Å². The van der Waals surface area contributed by atoms with Crippen LogP contribution in [0.1, 0.15) is 0 Å². The van der Waals surface area contributed by atoms with Crippen LogP contribution in [0.25, 0.3) is 222 Å². The van der Waals surface area contributed by atoms with Crippen LogP contribution in [0, 0.1) is 0 Å². The number of aromatic nitrogens is 3. The number of para-hydroxylation sites is 6. The summed E-state index contributed by atoms with van der Waals surface area (Å²) in [4.78, 5) is 6.91. The number of anilines is 9. The SMILES string of the molecule is c1ccc(N(c2ccccc2)c2ccc(-n3c4ccc5oc6cccc7c8cccc9oc%10ccc3c(c%10c98)c4c5c67)cc2)cc1.c1ccc(N(c2ccccc2)c2ccc(-n3c4cccc5c6cccc7oc8cccc(c9cccc3c9c54)c8c76)cc2)cc1.c1ccc(N(c2ccccc2)c2ccc(-n3c4cccc5c6ccccc6c6cccc7sc8ccc3c(c8c76)c54)cc2)cc1. The second-order valence-corrected chi connectivity index (χ2v) is 36.6. The zero-order valence-electron chi connectivity index (χ0n) is 73.2. The quantitative estimate of drug-likeness (QED) is 0.121. The minimum Gasteiger partial charge on any atom is -0.456 e. The van der Waals surface area contributed by atoms with Crippen molar-refractivity contribution in [3.63, 3.8) is 0 Å². The summed E-state index contributed by atoms with van der Waals surface area (Å²) in [5, 5.41) is 29.9. The number of thiophene rings is 1. The highest BCUT2D eigenvalue weighted by Crippen LogP contribution is 2.55. The van der Waals surface area contributed by atoms with Crippen LogP contribution < -0.4 is 14.7 Å². The lowest BCUT2D eigenvalue weighted by Crippen LogP contribution is -2.09. The molecule has 0 unspecified atom stereocenters. The molecule has 0 aliphatic rings. The average molecular weight is 1750 g/mol. The molecule has 31 rings (SSSR count). The van der Waals surface area contributed by atoms with E-state index in [-0.39, 0.29) is 0 Å². The number of hydrogen-bond donors (Lipinski definition) is 0. The maximum Gasteiger partial charge on any atom is 0.136 e. The normalized spacial score (nSPS) is 12.1. The second kappa shape index (κ2) is 29.8. The van der Waals surface area contributed by atoms with Crippen molar-refractivity contribution in [2.24, 2.45) is 0 Å². The fourth-order valence-corrected chi connectivity index (χ4v) is 24.0. The Morgan fingerprint density at radius 2 is 0.360 bits per heavy atom. The van der Waals surface area contributed by atoms with Crippen molar-refractivity contribution in [3.8, 4) is 17.1 Å². The highest BCUT2D eigenvalue weighted by atomic mass is 32.1. The first-order chi connectivity index (χ1) is 67.5. The lowest BCUT2D eigenvalue weighted by molar-refractivity contribution is 0.669. The van der Waals surface area contributed by atoms with Crippen LogP contribution in [-0.2, 0) is 0 Å². The largest absolute Gasteiger partial charge is 0.456 e. The third-order valence-corrected chi connectivity index (χ3v) is 29.5. The molecular weight excluding hydrogens is 1680 g/mol. The molecule has 0 bridgehead atoms. The van der Waals surface area contributed by atoms with Gasteiger partial charge >= 0.3 is 0 Å².